The van der Waals surface area contributed by atoms with Crippen LogP contribution >= 0.6 is 0 Å². The SMILES string of the molecule is CCNc1nn2ccc(-c3ccncc3)nc2c1S(=O)(=O)c1ccccc1. The molecule has 4 rings (SSSR count). The second kappa shape index (κ2) is 6.81. The average Bonchev–Trinajstić information content (AvgIpc) is 3.07. The van der Waals surface area contributed by atoms with E-state index < -0.39 is 9.84 Å². The van der Waals surface area contributed by atoms with Crippen molar-refractivity contribution >= 4 is 21.3 Å². The van der Waals surface area contributed by atoms with E-state index in [9.17, 15) is 8.42 Å². The molecule has 27 heavy (non-hydrogen) atoms. The molecule has 7 nitrogen and oxygen atoms in total. The largest absolute Gasteiger partial charge is 0.368 e. The molecule has 0 amide bonds. The van der Waals surface area contributed by atoms with E-state index in [2.05, 4.69) is 20.4 Å². The molecule has 1 aromatic carbocycles. The Bertz CT molecular complexity index is 1190. The molecule has 3 heterocycles. The molecular formula is C19H17N5O2S. The molecule has 0 radical (unpaired) electrons. The summed E-state index contributed by atoms with van der Waals surface area (Å²) in [7, 11) is -3.79. The molecule has 0 atom stereocenters. The van der Waals surface area contributed by atoms with Crippen LogP contribution in [-0.4, -0.2) is 34.5 Å². The highest BCUT2D eigenvalue weighted by molar-refractivity contribution is 7.91. The number of anilines is 1. The van der Waals surface area contributed by atoms with Gasteiger partial charge in [0, 0.05) is 30.7 Å². The average molecular weight is 379 g/mol. The minimum Gasteiger partial charge on any atom is -0.368 e. The summed E-state index contributed by atoms with van der Waals surface area (Å²) in [6.07, 6.45) is 5.05. The summed E-state index contributed by atoms with van der Waals surface area (Å²) in [5.41, 5.74) is 1.78. The molecule has 0 aliphatic rings. The van der Waals surface area contributed by atoms with Crippen LogP contribution in [0.3, 0.4) is 0 Å². The summed E-state index contributed by atoms with van der Waals surface area (Å²) in [5, 5.41) is 7.42. The Morgan fingerprint density at radius 3 is 2.48 bits per heavy atom. The summed E-state index contributed by atoms with van der Waals surface area (Å²) in [6.45, 7) is 2.43. The number of aromatic nitrogens is 4. The highest BCUT2D eigenvalue weighted by Gasteiger charge is 2.28. The summed E-state index contributed by atoms with van der Waals surface area (Å²) < 4.78 is 28.1. The first-order valence-electron chi connectivity index (χ1n) is 8.45. The number of nitrogens with zero attached hydrogens (tertiary/aromatic N) is 4. The normalized spacial score (nSPS) is 11.6. The van der Waals surface area contributed by atoms with Gasteiger partial charge in [0.2, 0.25) is 9.84 Å². The Balaban J connectivity index is 1.98. The van der Waals surface area contributed by atoms with E-state index >= 15 is 0 Å². The van der Waals surface area contributed by atoms with Gasteiger partial charge in [-0.05, 0) is 37.3 Å². The van der Waals surface area contributed by atoms with Crippen molar-refractivity contribution in [2.24, 2.45) is 0 Å². The van der Waals surface area contributed by atoms with Gasteiger partial charge in [-0.3, -0.25) is 4.98 Å². The van der Waals surface area contributed by atoms with Crippen LogP contribution in [0.25, 0.3) is 16.9 Å². The van der Waals surface area contributed by atoms with Gasteiger partial charge in [0.1, 0.15) is 0 Å². The first kappa shape index (κ1) is 17.2. The number of benzene rings is 1. The van der Waals surface area contributed by atoms with Gasteiger partial charge in [0.15, 0.2) is 16.4 Å². The lowest BCUT2D eigenvalue weighted by molar-refractivity contribution is 0.597. The highest BCUT2D eigenvalue weighted by atomic mass is 32.2. The van der Waals surface area contributed by atoms with Crippen molar-refractivity contribution in [3.8, 4) is 11.3 Å². The topological polar surface area (TPSA) is 89.2 Å². The summed E-state index contributed by atoms with van der Waals surface area (Å²) in [4.78, 5) is 8.88. The molecule has 0 bridgehead atoms. The van der Waals surface area contributed by atoms with Crippen LogP contribution < -0.4 is 5.32 Å². The summed E-state index contributed by atoms with van der Waals surface area (Å²) >= 11 is 0. The fourth-order valence-electron chi connectivity index (χ4n) is 2.84. The Morgan fingerprint density at radius 2 is 1.78 bits per heavy atom. The van der Waals surface area contributed by atoms with Gasteiger partial charge >= 0.3 is 0 Å². The Kier molecular flexibility index (Phi) is 4.33. The highest BCUT2D eigenvalue weighted by Crippen LogP contribution is 2.31. The third-order valence-electron chi connectivity index (χ3n) is 4.09. The van der Waals surface area contributed by atoms with Gasteiger partial charge in [-0.1, -0.05) is 18.2 Å². The van der Waals surface area contributed by atoms with E-state index in [0.717, 1.165) is 5.56 Å². The molecule has 0 aliphatic heterocycles. The van der Waals surface area contributed by atoms with Crippen molar-refractivity contribution in [3.63, 3.8) is 0 Å². The lowest BCUT2D eigenvalue weighted by atomic mass is 10.2. The van der Waals surface area contributed by atoms with Gasteiger partial charge in [-0.15, -0.1) is 5.10 Å². The van der Waals surface area contributed by atoms with Crippen molar-refractivity contribution in [2.45, 2.75) is 16.7 Å². The maximum atomic E-state index is 13.3. The molecule has 8 heteroatoms. The summed E-state index contributed by atoms with van der Waals surface area (Å²) in [6, 6.07) is 13.8. The zero-order valence-corrected chi connectivity index (χ0v) is 15.4. The molecule has 0 aliphatic carbocycles. The molecule has 0 saturated carbocycles. The Labute approximate surface area is 156 Å². The molecule has 0 fully saturated rings. The number of rotatable bonds is 5. The fraction of sp³-hybridized carbons (Fsp3) is 0.105. The van der Waals surface area contributed by atoms with Gasteiger partial charge < -0.3 is 5.32 Å². The molecule has 3 aromatic heterocycles. The van der Waals surface area contributed by atoms with E-state index in [1.807, 2.05) is 19.1 Å². The molecule has 0 unspecified atom stereocenters. The van der Waals surface area contributed by atoms with Gasteiger partial charge in [0.05, 0.1) is 10.6 Å². The number of hydrogen-bond acceptors (Lipinski definition) is 6. The first-order chi connectivity index (χ1) is 13.1. The number of sulfone groups is 1. The minimum atomic E-state index is -3.79. The molecule has 136 valence electrons. The number of nitrogens with one attached hydrogen (secondary N) is 1. The van der Waals surface area contributed by atoms with Crippen molar-refractivity contribution in [1.82, 2.24) is 19.6 Å². The maximum absolute atomic E-state index is 13.3. The van der Waals surface area contributed by atoms with E-state index in [0.29, 0.717) is 18.1 Å². The van der Waals surface area contributed by atoms with Gasteiger partial charge in [0.25, 0.3) is 0 Å². The van der Waals surface area contributed by atoms with Crippen LogP contribution in [0.15, 0.2) is 76.9 Å². The monoisotopic (exact) mass is 379 g/mol. The smallest absolute Gasteiger partial charge is 0.214 e. The predicted molar refractivity (Wildman–Crippen MR) is 102 cm³/mol. The van der Waals surface area contributed by atoms with Crippen LogP contribution in [0, 0.1) is 0 Å². The van der Waals surface area contributed by atoms with Crippen LogP contribution in [0.5, 0.6) is 0 Å². The van der Waals surface area contributed by atoms with Crippen molar-refractivity contribution in [1.29, 1.82) is 0 Å². The van der Waals surface area contributed by atoms with Crippen molar-refractivity contribution in [2.75, 3.05) is 11.9 Å². The van der Waals surface area contributed by atoms with Gasteiger partial charge in [-0.2, -0.15) is 0 Å². The van der Waals surface area contributed by atoms with Crippen LogP contribution in [0.2, 0.25) is 0 Å². The third-order valence-corrected chi connectivity index (χ3v) is 5.89. The number of fused-ring (bicyclic) bond motifs is 1. The second-order valence-electron chi connectivity index (χ2n) is 5.84. The second-order valence-corrected chi connectivity index (χ2v) is 7.73. The van der Waals surface area contributed by atoms with Crippen molar-refractivity contribution in [3.05, 3.63) is 67.1 Å². The quantitative estimate of drug-likeness (QED) is 0.573. The van der Waals surface area contributed by atoms with Crippen molar-refractivity contribution < 1.29 is 8.42 Å². The molecule has 4 aromatic rings. The maximum Gasteiger partial charge on any atom is 0.214 e. The Hall–Kier alpha value is -3.26. The zero-order chi connectivity index (χ0) is 18.9. The van der Waals surface area contributed by atoms with E-state index in [1.165, 1.54) is 4.52 Å². The predicted octanol–water partition coefficient (Wildman–Crippen LogP) is 3.06. The number of hydrogen-bond donors (Lipinski definition) is 1. The fourth-order valence-corrected chi connectivity index (χ4v) is 4.34. The lowest BCUT2D eigenvalue weighted by Gasteiger charge is -2.06. The third kappa shape index (κ3) is 3.04. The molecule has 0 saturated heterocycles. The summed E-state index contributed by atoms with van der Waals surface area (Å²) in [5.74, 6) is 0.292. The van der Waals surface area contributed by atoms with E-state index in [4.69, 9.17) is 0 Å². The lowest BCUT2D eigenvalue weighted by Crippen LogP contribution is -2.07. The molecule has 1 N–H and O–H groups in total. The van der Waals surface area contributed by atoms with Gasteiger partial charge in [-0.25, -0.2) is 17.9 Å². The van der Waals surface area contributed by atoms with E-state index in [-0.39, 0.29) is 15.4 Å². The van der Waals surface area contributed by atoms with Crippen LogP contribution in [-0.2, 0) is 9.84 Å². The zero-order valence-electron chi connectivity index (χ0n) is 14.6. The van der Waals surface area contributed by atoms with E-state index in [1.54, 1.807) is 55.0 Å². The van der Waals surface area contributed by atoms with Crippen LogP contribution in [0.1, 0.15) is 6.92 Å². The van der Waals surface area contributed by atoms with Crippen LogP contribution in [0.4, 0.5) is 5.82 Å². The first-order valence-corrected chi connectivity index (χ1v) is 9.93. The minimum absolute atomic E-state index is 0.0754. The molecule has 0 spiro atoms. The number of pyridine rings is 1. The Morgan fingerprint density at radius 1 is 1.04 bits per heavy atom. The standard InChI is InChI=1S/C19H17N5O2S/c1-2-21-18-17(27(25,26)15-6-4-3-5-7-15)19-22-16(10-13-24(19)23-18)14-8-11-20-12-9-14/h3-13H,2H2,1H3,(H,21,23). The molecular weight excluding hydrogens is 362 g/mol.